The Morgan fingerprint density at radius 2 is 2.00 bits per heavy atom. The van der Waals surface area contributed by atoms with E-state index in [1.54, 1.807) is 0 Å². The van der Waals surface area contributed by atoms with Gasteiger partial charge in [-0.1, -0.05) is 30.3 Å². The van der Waals surface area contributed by atoms with E-state index < -0.39 is 0 Å². The van der Waals surface area contributed by atoms with Crippen molar-refractivity contribution in [3.05, 3.63) is 52.2 Å². The predicted molar refractivity (Wildman–Crippen MR) is 85.8 cm³/mol. The van der Waals surface area contributed by atoms with Crippen molar-refractivity contribution >= 4 is 34.7 Å². The van der Waals surface area contributed by atoms with E-state index in [9.17, 15) is 9.59 Å². The zero-order chi connectivity index (χ0) is 15.7. The number of benzene rings is 1. The second-order valence-electron chi connectivity index (χ2n) is 4.80. The van der Waals surface area contributed by atoms with Gasteiger partial charge in [-0.15, -0.1) is 12.6 Å². The van der Waals surface area contributed by atoms with Gasteiger partial charge in [0.1, 0.15) is 11.3 Å². The molecule has 112 valence electrons. The number of carbonyl (C=O) groups excluding carboxylic acids is 1. The van der Waals surface area contributed by atoms with E-state index in [0.29, 0.717) is 17.7 Å². The topological polar surface area (TPSA) is 107 Å². The minimum atomic E-state index is -0.369. The normalized spacial score (nSPS) is 11.0. The van der Waals surface area contributed by atoms with Crippen molar-refractivity contribution in [1.29, 1.82) is 0 Å². The summed E-state index contributed by atoms with van der Waals surface area (Å²) < 4.78 is 1.47. The number of anilines is 1. The quantitative estimate of drug-likeness (QED) is 0.616. The van der Waals surface area contributed by atoms with Crippen LogP contribution in [0.4, 0.5) is 5.82 Å². The highest BCUT2D eigenvalue weighted by atomic mass is 32.1. The Kier molecular flexibility index (Phi) is 3.68. The molecule has 0 radical (unpaired) electrons. The molecule has 8 heteroatoms. The minimum absolute atomic E-state index is 0.0477. The van der Waals surface area contributed by atoms with Gasteiger partial charge < -0.3 is 10.7 Å². The number of aromatic nitrogens is 4. The number of imidazole rings is 1. The van der Waals surface area contributed by atoms with Crippen molar-refractivity contribution in [2.24, 2.45) is 0 Å². The molecule has 0 saturated carbocycles. The maximum atomic E-state index is 12.1. The first-order valence-electron chi connectivity index (χ1n) is 6.55. The highest BCUT2D eigenvalue weighted by Crippen LogP contribution is 2.15. The standard InChI is InChI=1S/C14H13N5O2S/c15-12-11-13(17-9(16-12)6-10(20)22)19(14(21)18-11)7-8-4-2-1-3-5-8/h1-5H,6-7H2,(H,18,21)(H,20,22)(H2,15,16,17). The molecule has 3 rings (SSSR count). The molecule has 3 aromatic rings. The molecule has 3 N–H and O–H groups in total. The van der Waals surface area contributed by atoms with Crippen LogP contribution in [0, 0.1) is 0 Å². The van der Waals surface area contributed by atoms with Crippen LogP contribution in [-0.4, -0.2) is 24.6 Å². The number of nitrogens with two attached hydrogens (primary N) is 1. The smallest absolute Gasteiger partial charge is 0.328 e. The SMILES string of the molecule is Nc1nc(CC(=O)S)nc2c1[nH]c(=O)n2Cc1ccccc1. The van der Waals surface area contributed by atoms with Gasteiger partial charge in [0.25, 0.3) is 0 Å². The van der Waals surface area contributed by atoms with Crippen LogP contribution in [0.3, 0.4) is 0 Å². The number of nitrogens with zero attached hydrogens (tertiary/aromatic N) is 3. The fourth-order valence-electron chi connectivity index (χ4n) is 2.23. The minimum Gasteiger partial charge on any atom is -0.382 e. The number of fused-ring (bicyclic) bond motifs is 1. The Morgan fingerprint density at radius 3 is 2.68 bits per heavy atom. The largest absolute Gasteiger partial charge is 0.382 e. The van der Waals surface area contributed by atoms with Crippen molar-refractivity contribution in [3.8, 4) is 0 Å². The molecular weight excluding hydrogens is 302 g/mol. The van der Waals surface area contributed by atoms with Gasteiger partial charge in [0.05, 0.1) is 13.0 Å². The maximum absolute atomic E-state index is 12.1. The molecule has 0 aliphatic rings. The van der Waals surface area contributed by atoms with Gasteiger partial charge in [0, 0.05) is 0 Å². The fourth-order valence-corrected chi connectivity index (χ4v) is 2.37. The van der Waals surface area contributed by atoms with Crippen LogP contribution in [-0.2, 0) is 17.8 Å². The number of hydrogen-bond acceptors (Lipinski definition) is 5. The Labute approximate surface area is 130 Å². The summed E-state index contributed by atoms with van der Waals surface area (Å²) in [4.78, 5) is 34.2. The zero-order valence-corrected chi connectivity index (χ0v) is 12.4. The molecular formula is C14H13N5O2S. The van der Waals surface area contributed by atoms with Crippen molar-refractivity contribution in [3.63, 3.8) is 0 Å². The third kappa shape index (κ3) is 2.73. The summed E-state index contributed by atoms with van der Waals surface area (Å²) >= 11 is 3.71. The summed E-state index contributed by atoms with van der Waals surface area (Å²) in [5.41, 5.74) is 7.22. The highest BCUT2D eigenvalue weighted by Gasteiger charge is 2.14. The molecule has 0 saturated heterocycles. The number of aromatic amines is 1. The maximum Gasteiger partial charge on any atom is 0.328 e. The summed E-state index contributed by atoms with van der Waals surface area (Å²) in [6.45, 7) is 0.352. The number of hydrogen-bond donors (Lipinski definition) is 3. The van der Waals surface area contributed by atoms with Crippen molar-refractivity contribution in [2.45, 2.75) is 13.0 Å². The van der Waals surface area contributed by atoms with Crippen LogP contribution in [0.15, 0.2) is 35.1 Å². The first-order chi connectivity index (χ1) is 10.5. The molecule has 2 aromatic heterocycles. The van der Waals surface area contributed by atoms with Gasteiger partial charge >= 0.3 is 5.69 Å². The summed E-state index contributed by atoms with van der Waals surface area (Å²) in [7, 11) is 0. The lowest BCUT2D eigenvalue weighted by atomic mass is 10.2. The summed E-state index contributed by atoms with van der Waals surface area (Å²) in [6.07, 6.45) is -0.0477. The molecule has 0 aliphatic carbocycles. The Balaban J connectivity index is 2.13. The molecule has 0 bridgehead atoms. The number of thiol groups is 1. The lowest BCUT2D eigenvalue weighted by Crippen LogP contribution is -2.18. The Morgan fingerprint density at radius 1 is 1.27 bits per heavy atom. The number of nitrogens with one attached hydrogen (secondary N) is 1. The number of carbonyl (C=O) groups is 1. The van der Waals surface area contributed by atoms with E-state index in [1.807, 2.05) is 30.3 Å². The molecule has 0 fully saturated rings. The van der Waals surface area contributed by atoms with E-state index in [1.165, 1.54) is 4.57 Å². The summed E-state index contributed by atoms with van der Waals surface area (Å²) in [5, 5.41) is -0.369. The molecule has 2 heterocycles. The average molecular weight is 315 g/mol. The molecule has 0 unspecified atom stereocenters. The Hall–Kier alpha value is -2.61. The van der Waals surface area contributed by atoms with Crippen molar-refractivity contribution < 1.29 is 4.79 Å². The molecule has 1 aromatic carbocycles. The second-order valence-corrected chi connectivity index (χ2v) is 5.29. The van der Waals surface area contributed by atoms with Crippen LogP contribution in [0.1, 0.15) is 11.4 Å². The number of rotatable bonds is 4. The molecule has 0 amide bonds. The number of nitrogen functional groups attached to an aromatic ring is 1. The van der Waals surface area contributed by atoms with E-state index in [-0.39, 0.29) is 28.9 Å². The monoisotopic (exact) mass is 315 g/mol. The van der Waals surface area contributed by atoms with Gasteiger partial charge in [-0.2, -0.15) is 0 Å². The van der Waals surface area contributed by atoms with Gasteiger partial charge in [-0.3, -0.25) is 9.36 Å². The lowest BCUT2D eigenvalue weighted by Gasteiger charge is -2.05. The fraction of sp³-hybridized carbons (Fsp3) is 0.143. The first kappa shape index (κ1) is 14.3. The number of H-pyrrole nitrogens is 1. The molecule has 0 spiro atoms. The summed E-state index contributed by atoms with van der Waals surface area (Å²) in [5.74, 6) is 0.379. The van der Waals surface area contributed by atoms with E-state index in [2.05, 4.69) is 27.6 Å². The van der Waals surface area contributed by atoms with Gasteiger partial charge in [-0.05, 0) is 5.56 Å². The van der Waals surface area contributed by atoms with Gasteiger partial charge in [-0.25, -0.2) is 14.8 Å². The van der Waals surface area contributed by atoms with Gasteiger partial charge in [0.2, 0.25) is 0 Å². The lowest BCUT2D eigenvalue weighted by molar-refractivity contribution is -0.110. The van der Waals surface area contributed by atoms with Crippen LogP contribution in [0.25, 0.3) is 11.2 Å². The third-order valence-corrected chi connectivity index (χ3v) is 3.35. The molecule has 7 nitrogen and oxygen atoms in total. The average Bonchev–Trinajstić information content (AvgIpc) is 2.77. The second kappa shape index (κ2) is 5.64. The van der Waals surface area contributed by atoms with E-state index in [0.717, 1.165) is 5.56 Å². The van der Waals surface area contributed by atoms with Gasteiger partial charge in [0.15, 0.2) is 16.6 Å². The molecule has 0 aliphatic heterocycles. The van der Waals surface area contributed by atoms with Crippen molar-refractivity contribution in [1.82, 2.24) is 19.5 Å². The van der Waals surface area contributed by atoms with Crippen LogP contribution in [0.5, 0.6) is 0 Å². The van der Waals surface area contributed by atoms with E-state index >= 15 is 0 Å². The predicted octanol–water partition coefficient (Wildman–Crippen LogP) is 0.749. The van der Waals surface area contributed by atoms with E-state index in [4.69, 9.17) is 5.73 Å². The third-order valence-electron chi connectivity index (χ3n) is 3.19. The highest BCUT2D eigenvalue weighted by molar-refractivity contribution is 7.96. The zero-order valence-electron chi connectivity index (χ0n) is 11.5. The molecule has 22 heavy (non-hydrogen) atoms. The molecule has 0 atom stereocenters. The van der Waals surface area contributed by atoms with Crippen LogP contribution >= 0.6 is 12.6 Å². The summed E-state index contributed by atoms with van der Waals surface area (Å²) in [6, 6.07) is 9.51. The van der Waals surface area contributed by atoms with Crippen LogP contribution < -0.4 is 11.4 Å². The van der Waals surface area contributed by atoms with Crippen molar-refractivity contribution in [2.75, 3.05) is 5.73 Å². The first-order valence-corrected chi connectivity index (χ1v) is 7.00. The van der Waals surface area contributed by atoms with Crippen LogP contribution in [0.2, 0.25) is 0 Å². The Bertz CT molecular complexity index is 901.